The van der Waals surface area contributed by atoms with Crippen molar-refractivity contribution in [3.63, 3.8) is 0 Å². The fraction of sp³-hybridized carbons (Fsp3) is 0. The van der Waals surface area contributed by atoms with Gasteiger partial charge in [0.15, 0.2) is 5.82 Å². The average molecular weight is 264 g/mol. The van der Waals surface area contributed by atoms with E-state index in [1.165, 1.54) is 0 Å². The van der Waals surface area contributed by atoms with Gasteiger partial charge in [0.05, 0.1) is 16.5 Å². The van der Waals surface area contributed by atoms with Crippen LogP contribution in [0, 0.1) is 0 Å². The summed E-state index contributed by atoms with van der Waals surface area (Å²) in [7, 11) is 0. The molecule has 0 aliphatic heterocycles. The molecule has 0 saturated heterocycles. The predicted octanol–water partition coefficient (Wildman–Crippen LogP) is 2.08. The Morgan fingerprint density at radius 3 is 2.92 bits per heavy atom. The lowest BCUT2D eigenvalue weighted by Gasteiger charge is -1.97. The highest BCUT2D eigenvalue weighted by molar-refractivity contribution is 9.10. The van der Waals surface area contributed by atoms with E-state index in [2.05, 4.69) is 30.9 Å². The molecule has 0 radical (unpaired) electrons. The van der Waals surface area contributed by atoms with Crippen molar-refractivity contribution < 1.29 is 5.48 Å². The molecule has 4 nitrogen and oxygen atoms in total. The number of aromatic nitrogens is 4. The molecule has 0 fully saturated rings. The van der Waals surface area contributed by atoms with Gasteiger partial charge in [0.2, 0.25) is 0 Å². The molecule has 2 aromatic rings. The molecule has 2 rings (SSSR count). The topological polar surface area (TPSA) is 43.6 Å². The largest absolute Gasteiger partial charge is 0.288 e. The molecule has 66 valence electrons. The SMILES string of the molecule is [2H]c1nc(-n2c([2H])nc(Br)c2[2H])c([2H])nc1Cl. The summed E-state index contributed by atoms with van der Waals surface area (Å²) < 4.78 is 31.3. The van der Waals surface area contributed by atoms with Crippen molar-refractivity contribution in [2.75, 3.05) is 0 Å². The molecule has 2 aromatic heterocycles. The number of hydrogen-bond acceptors (Lipinski definition) is 3. The number of imidazole rings is 1. The van der Waals surface area contributed by atoms with E-state index in [-0.39, 0.29) is 40.4 Å². The van der Waals surface area contributed by atoms with E-state index < -0.39 is 0 Å². The fourth-order valence-corrected chi connectivity index (χ4v) is 1.03. The van der Waals surface area contributed by atoms with Gasteiger partial charge in [-0.3, -0.25) is 4.57 Å². The Kier molecular flexibility index (Phi) is 1.34. The summed E-state index contributed by atoms with van der Waals surface area (Å²) in [6.45, 7) is 0. The average Bonchev–Trinajstić information content (AvgIpc) is 2.48. The zero-order valence-corrected chi connectivity index (χ0v) is 8.39. The van der Waals surface area contributed by atoms with E-state index in [4.69, 9.17) is 17.1 Å². The summed E-state index contributed by atoms with van der Waals surface area (Å²) in [5.74, 6) is -0.118. The minimum absolute atomic E-state index is 0.118. The van der Waals surface area contributed by atoms with E-state index >= 15 is 0 Å². The first-order valence-corrected chi connectivity index (χ1v) is 4.31. The van der Waals surface area contributed by atoms with Crippen LogP contribution in [0.15, 0.2) is 29.4 Å². The molecule has 0 atom stereocenters. The van der Waals surface area contributed by atoms with E-state index in [9.17, 15) is 0 Å². The van der Waals surface area contributed by atoms with Gasteiger partial charge in [-0.25, -0.2) is 15.0 Å². The maximum absolute atomic E-state index is 7.66. The van der Waals surface area contributed by atoms with Crippen LogP contribution in [0.2, 0.25) is 5.15 Å². The quantitative estimate of drug-likeness (QED) is 0.791. The molecule has 0 unspecified atom stereocenters. The van der Waals surface area contributed by atoms with Crippen LogP contribution in [-0.4, -0.2) is 19.5 Å². The van der Waals surface area contributed by atoms with Gasteiger partial charge >= 0.3 is 0 Å². The molecule has 0 spiro atoms. The lowest BCUT2D eigenvalue weighted by Crippen LogP contribution is -1.94. The zero-order valence-electron chi connectivity index (χ0n) is 10.0. The van der Waals surface area contributed by atoms with Gasteiger partial charge in [0.1, 0.15) is 17.4 Å². The maximum atomic E-state index is 7.66. The molecule has 0 bridgehead atoms. The molecular formula is C7H4BrClN4. The van der Waals surface area contributed by atoms with Gasteiger partial charge in [0.25, 0.3) is 0 Å². The van der Waals surface area contributed by atoms with E-state index in [1.807, 2.05) is 0 Å². The summed E-state index contributed by atoms with van der Waals surface area (Å²) >= 11 is 8.55. The number of rotatable bonds is 1. The van der Waals surface area contributed by atoms with Crippen molar-refractivity contribution in [3.8, 4) is 5.82 Å². The Balaban J connectivity index is 2.72. The first-order chi connectivity index (χ1) is 7.91. The highest BCUT2D eigenvalue weighted by Gasteiger charge is 1.99. The minimum Gasteiger partial charge on any atom is -0.288 e. The zero-order chi connectivity index (χ0) is 12.7. The number of halogens is 2. The Morgan fingerprint density at radius 1 is 1.38 bits per heavy atom. The third-order valence-corrected chi connectivity index (χ3v) is 1.70. The van der Waals surface area contributed by atoms with Crippen LogP contribution < -0.4 is 0 Å². The second kappa shape index (κ2) is 3.43. The molecular weight excluding hydrogens is 255 g/mol. The summed E-state index contributed by atoms with van der Waals surface area (Å²) in [5.41, 5.74) is 0. The monoisotopic (exact) mass is 262 g/mol. The van der Waals surface area contributed by atoms with Crippen LogP contribution >= 0.6 is 27.5 Å². The van der Waals surface area contributed by atoms with Gasteiger partial charge in [-0.2, -0.15) is 0 Å². The molecule has 0 aliphatic carbocycles. The first-order valence-electron chi connectivity index (χ1n) is 5.14. The van der Waals surface area contributed by atoms with E-state index in [1.54, 1.807) is 0 Å². The number of nitrogens with zero attached hydrogens (tertiary/aromatic N) is 4. The van der Waals surface area contributed by atoms with Crippen molar-refractivity contribution in [2.24, 2.45) is 0 Å². The predicted molar refractivity (Wildman–Crippen MR) is 51.9 cm³/mol. The van der Waals surface area contributed by atoms with Gasteiger partial charge in [0, 0.05) is 6.17 Å². The van der Waals surface area contributed by atoms with Crippen LogP contribution in [0.1, 0.15) is 5.48 Å². The molecule has 0 N–H and O–H groups in total. The van der Waals surface area contributed by atoms with Gasteiger partial charge in [-0.05, 0) is 15.9 Å². The maximum Gasteiger partial charge on any atom is 0.156 e. The van der Waals surface area contributed by atoms with Crippen LogP contribution in [0.25, 0.3) is 5.82 Å². The van der Waals surface area contributed by atoms with Crippen molar-refractivity contribution in [1.29, 1.82) is 0 Å². The fourth-order valence-electron chi connectivity index (χ4n) is 0.685. The Hall–Kier alpha value is -0.940. The molecule has 0 aliphatic rings. The molecule has 0 amide bonds. The third-order valence-electron chi connectivity index (χ3n) is 1.17. The summed E-state index contributed by atoms with van der Waals surface area (Å²) in [6, 6.07) is 0. The minimum atomic E-state index is -0.321. The third kappa shape index (κ3) is 1.87. The smallest absolute Gasteiger partial charge is 0.156 e. The van der Waals surface area contributed by atoms with Gasteiger partial charge in [-0.15, -0.1) is 0 Å². The molecule has 0 saturated carbocycles. The van der Waals surface area contributed by atoms with Gasteiger partial charge < -0.3 is 0 Å². The lowest BCUT2D eigenvalue weighted by atomic mass is 10.6. The highest BCUT2D eigenvalue weighted by atomic mass is 79.9. The van der Waals surface area contributed by atoms with Crippen molar-refractivity contribution >= 4 is 27.5 Å². The normalized spacial score (nSPS) is 14.6. The molecule has 0 aromatic carbocycles. The van der Waals surface area contributed by atoms with Crippen LogP contribution in [0.5, 0.6) is 0 Å². The summed E-state index contributed by atoms with van der Waals surface area (Å²) in [4.78, 5) is 11.0. The standard InChI is InChI=1S/C7H4BrClN4/c8-5-3-13(4-12-5)7-2-10-6(9)1-11-7/h1-4H/i1D,2D,3D,4D. The lowest BCUT2D eigenvalue weighted by molar-refractivity contribution is 0.971. The van der Waals surface area contributed by atoms with Gasteiger partial charge in [-0.1, -0.05) is 11.6 Å². The first kappa shape index (κ1) is 5.07. The Labute approximate surface area is 93.4 Å². The number of hydrogen-bond donors (Lipinski definition) is 0. The molecule has 6 heteroatoms. The second-order valence-electron chi connectivity index (χ2n) is 2.01. The molecule has 2 heterocycles. The summed E-state index contributed by atoms with van der Waals surface area (Å²) in [6.07, 6.45) is -1.05. The van der Waals surface area contributed by atoms with Crippen molar-refractivity contribution in [2.45, 2.75) is 0 Å². The molecule has 13 heavy (non-hydrogen) atoms. The van der Waals surface area contributed by atoms with Crippen LogP contribution in [0.3, 0.4) is 0 Å². The second-order valence-corrected chi connectivity index (χ2v) is 3.12. The van der Waals surface area contributed by atoms with Crippen molar-refractivity contribution in [1.82, 2.24) is 19.5 Å². The van der Waals surface area contributed by atoms with Crippen molar-refractivity contribution in [3.05, 3.63) is 34.6 Å². The Bertz CT molecular complexity index is 602. The van der Waals surface area contributed by atoms with Crippen LogP contribution in [0.4, 0.5) is 0 Å². The summed E-state index contributed by atoms with van der Waals surface area (Å²) in [5, 5.41) is -0.198. The van der Waals surface area contributed by atoms with E-state index in [0.29, 0.717) is 0 Å². The van der Waals surface area contributed by atoms with E-state index in [0.717, 1.165) is 4.57 Å². The van der Waals surface area contributed by atoms with Crippen LogP contribution in [-0.2, 0) is 0 Å². The highest BCUT2D eigenvalue weighted by Crippen LogP contribution is 2.10. The Morgan fingerprint density at radius 2 is 2.23 bits per heavy atom.